The Kier molecular flexibility index (Phi) is 6.72. The lowest BCUT2D eigenvalue weighted by Gasteiger charge is -2.38. The van der Waals surface area contributed by atoms with Gasteiger partial charge in [-0.25, -0.2) is 0 Å². The van der Waals surface area contributed by atoms with Crippen molar-refractivity contribution in [1.82, 2.24) is 9.80 Å². The molecule has 2 unspecified atom stereocenters. The van der Waals surface area contributed by atoms with Crippen molar-refractivity contribution in [3.63, 3.8) is 0 Å². The second-order valence-electron chi connectivity index (χ2n) is 4.94. The van der Waals surface area contributed by atoms with E-state index in [0.717, 1.165) is 51.9 Å². The minimum Gasteiger partial charge on any atom is -0.285 e. The number of hydrogen-bond donors (Lipinski definition) is 0. The molecule has 1 heterocycles. The number of hydrogen-bond acceptors (Lipinski definition) is 4. The van der Waals surface area contributed by atoms with E-state index in [9.17, 15) is 0 Å². The third kappa shape index (κ3) is 3.98. The van der Waals surface area contributed by atoms with Crippen LogP contribution in [0.2, 0.25) is 0 Å². The highest BCUT2D eigenvalue weighted by Gasteiger charge is 2.26. The average molecular weight is 248 g/mol. The van der Waals surface area contributed by atoms with Gasteiger partial charge in [0.25, 0.3) is 0 Å². The molecule has 2 atom stereocenters. The molecular weight excluding hydrogens is 224 g/mol. The van der Waals surface area contributed by atoms with Gasteiger partial charge in [-0.05, 0) is 12.8 Å². The molecule has 1 aliphatic rings. The molecule has 4 heteroatoms. The predicted octanol–water partition coefficient (Wildman–Crippen LogP) is 1.99. The van der Waals surface area contributed by atoms with Gasteiger partial charge in [0.05, 0.1) is 24.2 Å². The molecule has 1 aliphatic heterocycles. The van der Waals surface area contributed by atoms with Crippen LogP contribution in [0.1, 0.15) is 39.5 Å². The molecule has 0 aromatic heterocycles. The topological polar surface area (TPSA) is 54.1 Å². The van der Waals surface area contributed by atoms with Gasteiger partial charge < -0.3 is 0 Å². The molecule has 1 saturated heterocycles. The minimum atomic E-state index is 0.0591. The fourth-order valence-electron chi connectivity index (χ4n) is 2.57. The second kappa shape index (κ2) is 8.08. The van der Waals surface area contributed by atoms with Crippen molar-refractivity contribution in [2.75, 3.05) is 26.2 Å². The van der Waals surface area contributed by atoms with Crippen LogP contribution in [0.25, 0.3) is 0 Å². The lowest BCUT2D eigenvalue weighted by Crippen LogP contribution is -2.52. The molecule has 4 nitrogen and oxygen atoms in total. The molecule has 18 heavy (non-hydrogen) atoms. The fraction of sp³-hybridized carbons (Fsp3) is 0.857. The van der Waals surface area contributed by atoms with Crippen LogP contribution >= 0.6 is 0 Å². The monoisotopic (exact) mass is 248 g/mol. The maximum Gasteiger partial charge on any atom is 0.0978 e. The molecule has 0 saturated carbocycles. The molecule has 0 aliphatic carbocycles. The van der Waals surface area contributed by atoms with Crippen molar-refractivity contribution in [2.24, 2.45) is 0 Å². The zero-order valence-electron chi connectivity index (χ0n) is 11.6. The van der Waals surface area contributed by atoms with E-state index in [2.05, 4.69) is 35.8 Å². The second-order valence-corrected chi connectivity index (χ2v) is 4.94. The van der Waals surface area contributed by atoms with E-state index in [1.807, 2.05) is 0 Å². The van der Waals surface area contributed by atoms with E-state index in [0.29, 0.717) is 0 Å². The lowest BCUT2D eigenvalue weighted by atomic mass is 10.1. The highest BCUT2D eigenvalue weighted by Crippen LogP contribution is 2.14. The summed E-state index contributed by atoms with van der Waals surface area (Å²) in [4.78, 5) is 4.53. The number of nitrogens with zero attached hydrogens (tertiary/aromatic N) is 4. The highest BCUT2D eigenvalue weighted by molar-refractivity contribution is 4.97. The van der Waals surface area contributed by atoms with Crippen LogP contribution in [0.4, 0.5) is 0 Å². The molecule has 0 N–H and O–H groups in total. The van der Waals surface area contributed by atoms with E-state index < -0.39 is 0 Å². The average Bonchev–Trinajstić information content (AvgIpc) is 2.42. The van der Waals surface area contributed by atoms with Crippen LogP contribution in [0.5, 0.6) is 0 Å². The van der Waals surface area contributed by atoms with Crippen LogP contribution in [0.15, 0.2) is 0 Å². The zero-order chi connectivity index (χ0) is 13.4. The Hall–Kier alpha value is -1.10. The smallest absolute Gasteiger partial charge is 0.0978 e. The van der Waals surface area contributed by atoms with E-state index in [-0.39, 0.29) is 12.1 Å². The van der Waals surface area contributed by atoms with Gasteiger partial charge in [-0.15, -0.1) is 0 Å². The molecule has 100 valence electrons. The normalized spacial score (nSPS) is 20.9. The van der Waals surface area contributed by atoms with Gasteiger partial charge >= 0.3 is 0 Å². The Labute approximate surface area is 111 Å². The number of nitriles is 2. The van der Waals surface area contributed by atoms with Gasteiger partial charge in [0.2, 0.25) is 0 Å². The molecule has 0 aromatic rings. The Morgan fingerprint density at radius 1 is 0.833 bits per heavy atom. The minimum absolute atomic E-state index is 0.0591. The standard InChI is InChI=1S/C14H24N4/c1-3-5-13(11-15)17-7-9-18(10-8-17)14(12-16)6-4-2/h13-14H,3-10H2,1-2H3. The van der Waals surface area contributed by atoms with Crippen molar-refractivity contribution < 1.29 is 0 Å². The predicted molar refractivity (Wildman–Crippen MR) is 71.8 cm³/mol. The van der Waals surface area contributed by atoms with Crippen LogP contribution in [-0.4, -0.2) is 48.1 Å². The number of piperazine rings is 1. The summed E-state index contributed by atoms with van der Waals surface area (Å²) in [6, 6.07) is 4.91. The number of rotatable bonds is 6. The first-order valence-electron chi connectivity index (χ1n) is 7.04. The SMILES string of the molecule is CCCC(C#N)N1CCN(C(C#N)CCC)CC1. The van der Waals surface area contributed by atoms with E-state index >= 15 is 0 Å². The fourth-order valence-corrected chi connectivity index (χ4v) is 2.57. The summed E-state index contributed by atoms with van der Waals surface area (Å²) in [7, 11) is 0. The van der Waals surface area contributed by atoms with Gasteiger partial charge in [-0.1, -0.05) is 26.7 Å². The van der Waals surface area contributed by atoms with Gasteiger partial charge in [0.1, 0.15) is 0 Å². The first-order valence-corrected chi connectivity index (χ1v) is 7.04. The maximum atomic E-state index is 9.16. The van der Waals surface area contributed by atoms with Crippen molar-refractivity contribution in [3.8, 4) is 12.1 Å². The highest BCUT2D eigenvalue weighted by atomic mass is 15.3. The van der Waals surface area contributed by atoms with Crippen molar-refractivity contribution >= 4 is 0 Å². The third-order valence-electron chi connectivity index (χ3n) is 3.65. The summed E-state index contributed by atoms with van der Waals surface area (Å²) in [5.41, 5.74) is 0. The quantitative estimate of drug-likeness (QED) is 0.721. The van der Waals surface area contributed by atoms with Crippen LogP contribution in [0, 0.1) is 22.7 Å². The van der Waals surface area contributed by atoms with Gasteiger partial charge in [0.15, 0.2) is 0 Å². The van der Waals surface area contributed by atoms with E-state index in [4.69, 9.17) is 10.5 Å². The van der Waals surface area contributed by atoms with Crippen LogP contribution in [0.3, 0.4) is 0 Å². The lowest BCUT2D eigenvalue weighted by molar-refractivity contribution is 0.0926. The van der Waals surface area contributed by atoms with Gasteiger partial charge in [-0.3, -0.25) is 9.80 Å². The summed E-state index contributed by atoms with van der Waals surface area (Å²) in [6.45, 7) is 7.90. The zero-order valence-corrected chi connectivity index (χ0v) is 11.6. The Morgan fingerprint density at radius 3 is 1.39 bits per heavy atom. The molecule has 1 rings (SSSR count). The maximum absolute atomic E-state index is 9.16. The van der Waals surface area contributed by atoms with Gasteiger partial charge in [-0.2, -0.15) is 10.5 Å². The Morgan fingerprint density at radius 2 is 1.17 bits per heavy atom. The molecular formula is C14H24N4. The molecule has 0 radical (unpaired) electrons. The summed E-state index contributed by atoms with van der Waals surface area (Å²) >= 11 is 0. The molecule has 0 amide bonds. The van der Waals surface area contributed by atoms with Crippen molar-refractivity contribution in [1.29, 1.82) is 10.5 Å². The van der Waals surface area contributed by atoms with Crippen LogP contribution in [-0.2, 0) is 0 Å². The van der Waals surface area contributed by atoms with E-state index in [1.165, 1.54) is 0 Å². The Balaban J connectivity index is 2.45. The third-order valence-corrected chi connectivity index (χ3v) is 3.65. The largest absolute Gasteiger partial charge is 0.285 e. The molecule has 0 bridgehead atoms. The summed E-state index contributed by atoms with van der Waals surface area (Å²) in [6.07, 6.45) is 4.00. The molecule has 0 spiro atoms. The van der Waals surface area contributed by atoms with Crippen molar-refractivity contribution in [3.05, 3.63) is 0 Å². The van der Waals surface area contributed by atoms with E-state index in [1.54, 1.807) is 0 Å². The first kappa shape index (κ1) is 15.0. The molecule has 1 fully saturated rings. The van der Waals surface area contributed by atoms with Crippen LogP contribution < -0.4 is 0 Å². The van der Waals surface area contributed by atoms with Gasteiger partial charge in [0, 0.05) is 26.2 Å². The first-order chi connectivity index (χ1) is 8.76. The van der Waals surface area contributed by atoms with Crippen molar-refractivity contribution in [2.45, 2.75) is 51.6 Å². The summed E-state index contributed by atoms with van der Waals surface area (Å²) in [5.74, 6) is 0. The summed E-state index contributed by atoms with van der Waals surface area (Å²) < 4.78 is 0. The Bertz CT molecular complexity index is 275. The molecule has 0 aromatic carbocycles. The summed E-state index contributed by atoms with van der Waals surface area (Å²) in [5, 5.41) is 18.3.